The van der Waals surface area contributed by atoms with Crippen LogP contribution < -0.4 is 9.80 Å². The first kappa shape index (κ1) is 42.6. The van der Waals surface area contributed by atoms with E-state index in [9.17, 15) is 5.48 Å². The fraction of sp³-hybridized carbons (Fsp3) is 0.0130. The van der Waals surface area contributed by atoms with Crippen LogP contribution in [0.3, 0.4) is 0 Å². The second-order valence-electron chi connectivity index (χ2n) is 20.5. The maximum Gasteiger partial charge on any atom is 0.0714 e. The highest BCUT2D eigenvalue weighted by atomic mass is 15.2. The standard InChI is InChI=1S/C77H53N3/c1-6-22-55(23-7-1)67-32-17-20-36-74(67)79(66-47-49-71-70-34-18-21-37-75(70)80(76(71)53-66)62-30-14-5-15-31-62)64-45-42-57-50-56(38-39-58(57)51-64)54-40-43-63(44-41-54)78(61-28-12-4-13-29-61)65-46-48-69-68-33-16-19-35-72(68)77(73(69)52-65,59-24-8-2-9-25-59)60-26-10-3-11-27-60/h1-53H/i40D,41D,43D,44D. The quantitative estimate of drug-likeness (QED) is 0.128. The van der Waals surface area contributed by atoms with Crippen LogP contribution in [-0.2, 0) is 5.41 Å². The first-order valence-electron chi connectivity index (χ1n) is 29.3. The molecule has 0 saturated carbocycles. The van der Waals surface area contributed by atoms with Gasteiger partial charge < -0.3 is 14.4 Å². The zero-order valence-electron chi connectivity index (χ0n) is 47.6. The van der Waals surface area contributed by atoms with Crippen molar-refractivity contribution in [1.82, 2.24) is 4.57 Å². The van der Waals surface area contributed by atoms with Crippen LogP contribution in [0.5, 0.6) is 0 Å². The fourth-order valence-corrected chi connectivity index (χ4v) is 12.6. The van der Waals surface area contributed by atoms with Crippen LogP contribution >= 0.6 is 0 Å². The van der Waals surface area contributed by atoms with Crippen molar-refractivity contribution < 1.29 is 5.48 Å². The van der Waals surface area contributed by atoms with E-state index in [0.29, 0.717) is 11.3 Å². The largest absolute Gasteiger partial charge is 0.310 e. The Labute approximate surface area is 472 Å². The minimum atomic E-state index is -0.688. The van der Waals surface area contributed by atoms with E-state index in [2.05, 4.69) is 240 Å². The minimum Gasteiger partial charge on any atom is -0.310 e. The van der Waals surface area contributed by atoms with Crippen molar-refractivity contribution in [3.8, 4) is 39.1 Å². The van der Waals surface area contributed by atoms with Crippen molar-refractivity contribution in [3.63, 3.8) is 0 Å². The molecule has 0 saturated heterocycles. The van der Waals surface area contributed by atoms with Crippen molar-refractivity contribution in [1.29, 1.82) is 0 Å². The number of anilines is 6. The van der Waals surface area contributed by atoms with Crippen LogP contribution in [0.4, 0.5) is 34.1 Å². The van der Waals surface area contributed by atoms with Gasteiger partial charge in [0.15, 0.2) is 0 Å². The minimum absolute atomic E-state index is 0.119. The van der Waals surface area contributed by atoms with E-state index in [1.54, 1.807) is 0 Å². The van der Waals surface area contributed by atoms with Crippen LogP contribution in [0.15, 0.2) is 321 Å². The van der Waals surface area contributed by atoms with Gasteiger partial charge in [-0.25, -0.2) is 0 Å². The number of rotatable bonds is 11. The molecule has 376 valence electrons. The van der Waals surface area contributed by atoms with E-state index < -0.39 is 5.41 Å². The molecule has 3 nitrogen and oxygen atoms in total. The van der Waals surface area contributed by atoms with Crippen molar-refractivity contribution >= 4 is 66.7 Å². The average molecular weight is 1020 g/mol. The second-order valence-corrected chi connectivity index (χ2v) is 20.5. The molecule has 0 amide bonds. The molecule has 15 rings (SSSR count). The molecule has 0 fully saturated rings. The van der Waals surface area contributed by atoms with Crippen LogP contribution in [-0.4, -0.2) is 4.57 Å². The Bertz CT molecular complexity index is 4770. The number of hydrogen-bond acceptors (Lipinski definition) is 2. The van der Waals surface area contributed by atoms with Gasteiger partial charge in [0.25, 0.3) is 0 Å². The summed E-state index contributed by atoms with van der Waals surface area (Å²) in [5, 5.41) is 4.21. The molecule has 0 bridgehead atoms. The van der Waals surface area contributed by atoms with Crippen LogP contribution in [0.1, 0.15) is 27.7 Å². The van der Waals surface area contributed by atoms with Crippen LogP contribution in [0.25, 0.3) is 71.6 Å². The molecule has 0 atom stereocenters. The molecule has 0 N–H and O–H groups in total. The number of nitrogens with zero attached hydrogens (tertiary/aromatic N) is 3. The van der Waals surface area contributed by atoms with Gasteiger partial charge in [0.1, 0.15) is 0 Å². The molecule has 80 heavy (non-hydrogen) atoms. The Morgan fingerprint density at radius 2 is 0.838 bits per heavy atom. The smallest absolute Gasteiger partial charge is 0.0714 e. The summed E-state index contributed by atoms with van der Waals surface area (Å²) in [5.74, 6) is 0. The lowest BCUT2D eigenvalue weighted by Gasteiger charge is -2.35. The summed E-state index contributed by atoms with van der Waals surface area (Å²) in [6.07, 6.45) is 0. The van der Waals surface area contributed by atoms with E-state index in [1.165, 1.54) is 16.3 Å². The van der Waals surface area contributed by atoms with Gasteiger partial charge in [-0.15, -0.1) is 0 Å². The first-order valence-corrected chi connectivity index (χ1v) is 27.3. The predicted molar refractivity (Wildman–Crippen MR) is 336 cm³/mol. The summed E-state index contributed by atoms with van der Waals surface area (Å²) in [6.45, 7) is 0. The van der Waals surface area contributed by atoms with Crippen molar-refractivity contribution in [2.45, 2.75) is 5.41 Å². The predicted octanol–water partition coefficient (Wildman–Crippen LogP) is 20.6. The van der Waals surface area contributed by atoms with Gasteiger partial charge in [0, 0.05) is 50.5 Å². The molecule has 3 heteroatoms. The third kappa shape index (κ3) is 7.74. The monoisotopic (exact) mass is 1020 g/mol. The Kier molecular flexibility index (Phi) is 10.4. The molecule has 1 aliphatic rings. The highest BCUT2D eigenvalue weighted by Gasteiger charge is 2.46. The van der Waals surface area contributed by atoms with Crippen molar-refractivity contribution in [2.24, 2.45) is 0 Å². The Morgan fingerprint density at radius 3 is 1.59 bits per heavy atom. The lowest BCUT2D eigenvalue weighted by atomic mass is 9.67. The lowest BCUT2D eigenvalue weighted by molar-refractivity contribution is 0.768. The molecule has 1 aliphatic carbocycles. The average Bonchev–Trinajstić information content (AvgIpc) is 1.59. The van der Waals surface area contributed by atoms with Gasteiger partial charge in [0.05, 0.1) is 27.6 Å². The summed E-state index contributed by atoms with van der Waals surface area (Å²) in [4.78, 5) is 4.24. The van der Waals surface area contributed by atoms with E-state index in [0.717, 1.165) is 89.2 Å². The van der Waals surface area contributed by atoms with E-state index in [4.69, 9.17) is 0 Å². The summed E-state index contributed by atoms with van der Waals surface area (Å²) in [5.41, 5.74) is 17.0. The summed E-state index contributed by atoms with van der Waals surface area (Å²) >= 11 is 0. The van der Waals surface area contributed by atoms with Gasteiger partial charge in [0.2, 0.25) is 0 Å². The molecule has 0 spiro atoms. The van der Waals surface area contributed by atoms with Gasteiger partial charge >= 0.3 is 0 Å². The molecule has 0 radical (unpaired) electrons. The first-order chi connectivity index (χ1) is 41.4. The SMILES string of the molecule is [2H]c1c([2H])c(N(c2ccccc2)c2ccc3c(c2)C(c2ccccc2)(c2ccccc2)c2ccccc2-3)c([2H])c([2H])c1-c1ccc2cc(N(c3ccc4c5ccccc5n(-c5ccccc5)c4c3)c3ccccc3-c3ccccc3)ccc2c1. The zero-order chi connectivity index (χ0) is 56.5. The van der Waals surface area contributed by atoms with Gasteiger partial charge in [-0.2, -0.15) is 0 Å². The highest BCUT2D eigenvalue weighted by molar-refractivity contribution is 6.11. The molecule has 1 aromatic heterocycles. The third-order valence-electron chi connectivity index (χ3n) is 16.1. The van der Waals surface area contributed by atoms with Gasteiger partial charge in [-0.05, 0) is 152 Å². The van der Waals surface area contributed by atoms with Crippen molar-refractivity contribution in [2.75, 3.05) is 9.80 Å². The summed E-state index contributed by atoms with van der Waals surface area (Å²) in [6, 6.07) is 103. The van der Waals surface area contributed by atoms with E-state index in [1.807, 2.05) is 71.6 Å². The Balaban J connectivity index is 0.861. The van der Waals surface area contributed by atoms with Crippen LogP contribution in [0, 0.1) is 0 Å². The zero-order valence-corrected chi connectivity index (χ0v) is 43.6. The molecule has 13 aromatic carbocycles. The Morgan fingerprint density at radius 1 is 0.300 bits per heavy atom. The number of hydrogen-bond donors (Lipinski definition) is 0. The summed E-state index contributed by atoms with van der Waals surface area (Å²) in [7, 11) is 0. The normalized spacial score (nSPS) is 13.1. The fourth-order valence-electron chi connectivity index (χ4n) is 12.6. The second kappa shape index (κ2) is 19.5. The molecule has 14 aromatic rings. The van der Waals surface area contributed by atoms with Crippen molar-refractivity contribution in [3.05, 3.63) is 344 Å². The third-order valence-corrected chi connectivity index (χ3v) is 16.1. The maximum atomic E-state index is 9.94. The topological polar surface area (TPSA) is 11.4 Å². The molecular weight excluding hydrogens is 967 g/mol. The lowest BCUT2D eigenvalue weighted by Crippen LogP contribution is -2.28. The van der Waals surface area contributed by atoms with Crippen LogP contribution in [0.2, 0.25) is 0 Å². The van der Waals surface area contributed by atoms with Gasteiger partial charge in [-0.1, -0.05) is 230 Å². The Hall–Kier alpha value is -10.5. The van der Waals surface area contributed by atoms with E-state index in [-0.39, 0.29) is 35.4 Å². The maximum absolute atomic E-state index is 9.94. The molecule has 1 heterocycles. The number of benzene rings is 13. The molecule has 0 unspecified atom stereocenters. The number of para-hydroxylation sites is 4. The molecule has 0 aliphatic heterocycles. The van der Waals surface area contributed by atoms with E-state index >= 15 is 0 Å². The molecular formula is C77H53N3. The highest BCUT2D eigenvalue weighted by Crippen LogP contribution is 2.57. The number of aromatic nitrogens is 1. The summed E-state index contributed by atoms with van der Waals surface area (Å²) < 4.78 is 41.9. The number of fused-ring (bicyclic) bond motifs is 7. The van der Waals surface area contributed by atoms with Gasteiger partial charge in [-0.3, -0.25) is 0 Å².